The van der Waals surface area contributed by atoms with Gasteiger partial charge < -0.3 is 5.32 Å². The topological polar surface area (TPSA) is 90.9 Å². The fourth-order valence-corrected chi connectivity index (χ4v) is 4.89. The standard InChI is InChI=1S/C28H22N4O3S/c1-18-27(35)32(24-17-9-13-19-10-5-6-14-21(19)24)28(36-18)31-30-26(34)22-15-7-8-16-23(22)29-25(33)20-11-3-2-4-12-20/h2-18H,1H3,(H,29,33)(H,30,34)/b31-28-. The third kappa shape index (κ3) is 4.58. The molecule has 178 valence electrons. The number of para-hydroxylation sites is 1. The number of amidine groups is 1. The summed E-state index contributed by atoms with van der Waals surface area (Å²) in [6, 6.07) is 29.0. The molecule has 0 bridgehead atoms. The molecule has 1 saturated heterocycles. The van der Waals surface area contributed by atoms with E-state index in [9.17, 15) is 14.4 Å². The molecule has 1 unspecified atom stereocenters. The average Bonchev–Trinajstić information content (AvgIpc) is 3.20. The highest BCUT2D eigenvalue weighted by molar-refractivity contribution is 8.16. The van der Waals surface area contributed by atoms with Crippen molar-refractivity contribution >= 4 is 56.8 Å². The number of hydrazone groups is 1. The number of benzene rings is 4. The van der Waals surface area contributed by atoms with Gasteiger partial charge in [-0.1, -0.05) is 78.5 Å². The summed E-state index contributed by atoms with van der Waals surface area (Å²) in [7, 11) is 0. The lowest BCUT2D eigenvalue weighted by Gasteiger charge is -2.18. The van der Waals surface area contributed by atoms with Crippen LogP contribution in [0.3, 0.4) is 0 Å². The van der Waals surface area contributed by atoms with Crippen molar-refractivity contribution in [2.75, 3.05) is 10.2 Å². The maximum atomic E-state index is 13.1. The lowest BCUT2D eigenvalue weighted by molar-refractivity contribution is -0.116. The predicted molar refractivity (Wildman–Crippen MR) is 144 cm³/mol. The second-order valence-electron chi connectivity index (χ2n) is 8.13. The van der Waals surface area contributed by atoms with Gasteiger partial charge in [-0.25, -0.2) is 5.43 Å². The molecule has 0 aliphatic carbocycles. The van der Waals surface area contributed by atoms with Crippen molar-refractivity contribution in [1.82, 2.24) is 5.43 Å². The van der Waals surface area contributed by atoms with Crippen LogP contribution >= 0.6 is 11.8 Å². The Labute approximate surface area is 212 Å². The fourth-order valence-electron chi connectivity index (χ4n) is 3.97. The van der Waals surface area contributed by atoms with Crippen molar-refractivity contribution in [3.63, 3.8) is 0 Å². The van der Waals surface area contributed by atoms with Gasteiger partial charge in [0.05, 0.1) is 22.2 Å². The number of hydrogen-bond donors (Lipinski definition) is 2. The van der Waals surface area contributed by atoms with Gasteiger partial charge in [-0.05, 0) is 42.6 Å². The van der Waals surface area contributed by atoms with Gasteiger partial charge in [-0.3, -0.25) is 19.3 Å². The van der Waals surface area contributed by atoms with Gasteiger partial charge >= 0.3 is 0 Å². The zero-order valence-electron chi connectivity index (χ0n) is 19.3. The Bertz CT molecular complexity index is 1500. The predicted octanol–water partition coefficient (Wildman–Crippen LogP) is 5.26. The molecular weight excluding hydrogens is 472 g/mol. The van der Waals surface area contributed by atoms with Crippen molar-refractivity contribution in [2.24, 2.45) is 5.10 Å². The highest BCUT2D eigenvalue weighted by Gasteiger charge is 2.37. The molecule has 0 aromatic heterocycles. The Kier molecular flexibility index (Phi) is 6.51. The Morgan fingerprint density at radius 1 is 0.833 bits per heavy atom. The van der Waals surface area contributed by atoms with Gasteiger partial charge in [0.25, 0.3) is 11.8 Å². The number of carbonyl (C=O) groups excluding carboxylic acids is 3. The molecule has 8 heteroatoms. The summed E-state index contributed by atoms with van der Waals surface area (Å²) in [4.78, 5) is 40.3. The second kappa shape index (κ2) is 10.1. The van der Waals surface area contributed by atoms with Crippen LogP contribution in [0, 0.1) is 0 Å². The first-order chi connectivity index (χ1) is 17.5. The van der Waals surface area contributed by atoms with Crippen LogP contribution in [-0.4, -0.2) is 28.1 Å². The van der Waals surface area contributed by atoms with E-state index >= 15 is 0 Å². The monoisotopic (exact) mass is 494 g/mol. The van der Waals surface area contributed by atoms with E-state index in [0.29, 0.717) is 22.1 Å². The smallest absolute Gasteiger partial charge is 0.273 e. The number of nitrogens with zero attached hydrogens (tertiary/aromatic N) is 2. The highest BCUT2D eigenvalue weighted by atomic mass is 32.2. The minimum Gasteiger partial charge on any atom is -0.321 e. The summed E-state index contributed by atoms with van der Waals surface area (Å²) in [5.41, 5.74) is 4.37. The molecule has 4 aromatic rings. The Hall–Kier alpha value is -4.43. The maximum Gasteiger partial charge on any atom is 0.273 e. The van der Waals surface area contributed by atoms with E-state index in [1.807, 2.05) is 55.5 Å². The third-order valence-corrected chi connectivity index (χ3v) is 6.80. The van der Waals surface area contributed by atoms with Crippen molar-refractivity contribution < 1.29 is 14.4 Å². The molecular formula is C28H22N4O3S. The first-order valence-electron chi connectivity index (χ1n) is 11.3. The first-order valence-corrected chi connectivity index (χ1v) is 12.2. The number of rotatable bonds is 5. The highest BCUT2D eigenvalue weighted by Crippen LogP contribution is 2.35. The summed E-state index contributed by atoms with van der Waals surface area (Å²) < 4.78 is 0. The molecule has 7 nitrogen and oxygen atoms in total. The van der Waals surface area contributed by atoms with E-state index in [-0.39, 0.29) is 22.6 Å². The number of hydrogen-bond acceptors (Lipinski definition) is 5. The normalized spacial score (nSPS) is 16.4. The van der Waals surface area contributed by atoms with Gasteiger partial charge in [0.2, 0.25) is 5.91 Å². The van der Waals surface area contributed by atoms with Crippen molar-refractivity contribution in [1.29, 1.82) is 0 Å². The van der Waals surface area contributed by atoms with Gasteiger partial charge in [0.15, 0.2) is 5.17 Å². The third-order valence-electron chi connectivity index (χ3n) is 5.76. The molecule has 3 amide bonds. The number of nitrogens with one attached hydrogen (secondary N) is 2. The van der Waals surface area contributed by atoms with Gasteiger partial charge in [0.1, 0.15) is 0 Å². The van der Waals surface area contributed by atoms with Crippen molar-refractivity contribution in [3.05, 3.63) is 108 Å². The van der Waals surface area contributed by atoms with E-state index in [0.717, 1.165) is 10.8 Å². The lowest BCUT2D eigenvalue weighted by atomic mass is 10.1. The Balaban J connectivity index is 1.41. The Morgan fingerprint density at radius 2 is 1.53 bits per heavy atom. The van der Waals surface area contributed by atoms with Crippen LogP contribution in [0.2, 0.25) is 0 Å². The van der Waals surface area contributed by atoms with E-state index < -0.39 is 5.91 Å². The van der Waals surface area contributed by atoms with E-state index in [1.54, 1.807) is 53.4 Å². The molecule has 1 aliphatic heterocycles. The van der Waals surface area contributed by atoms with Crippen LogP contribution in [0.1, 0.15) is 27.6 Å². The van der Waals surface area contributed by atoms with Crippen LogP contribution in [0.4, 0.5) is 11.4 Å². The minimum absolute atomic E-state index is 0.111. The van der Waals surface area contributed by atoms with E-state index in [2.05, 4.69) is 15.8 Å². The average molecular weight is 495 g/mol. The molecule has 36 heavy (non-hydrogen) atoms. The van der Waals surface area contributed by atoms with Crippen molar-refractivity contribution in [3.8, 4) is 0 Å². The van der Waals surface area contributed by atoms with Crippen LogP contribution in [-0.2, 0) is 4.79 Å². The molecule has 0 saturated carbocycles. The summed E-state index contributed by atoms with van der Waals surface area (Å²) >= 11 is 1.28. The zero-order valence-corrected chi connectivity index (χ0v) is 20.2. The quantitative estimate of drug-likeness (QED) is 0.370. The van der Waals surface area contributed by atoms with Crippen LogP contribution in [0.15, 0.2) is 102 Å². The molecule has 1 atom stereocenters. The maximum absolute atomic E-state index is 13.1. The SMILES string of the molecule is CC1S/C(=N\NC(=O)c2ccccc2NC(=O)c2ccccc2)N(c2cccc3ccccc23)C1=O. The minimum atomic E-state index is -0.503. The van der Waals surface area contributed by atoms with Gasteiger partial charge in [-0.2, -0.15) is 0 Å². The molecule has 2 N–H and O–H groups in total. The van der Waals surface area contributed by atoms with Crippen LogP contribution < -0.4 is 15.6 Å². The summed E-state index contributed by atoms with van der Waals surface area (Å²) in [5, 5.41) is 9.04. The molecule has 1 fully saturated rings. The van der Waals surface area contributed by atoms with Crippen molar-refractivity contribution in [2.45, 2.75) is 12.2 Å². The lowest BCUT2D eigenvalue weighted by Crippen LogP contribution is -2.33. The number of carbonyl (C=O) groups is 3. The summed E-state index contributed by atoms with van der Waals surface area (Å²) in [6.45, 7) is 1.81. The number of anilines is 2. The molecule has 0 spiro atoms. The molecule has 4 aromatic carbocycles. The number of fused-ring (bicyclic) bond motifs is 1. The zero-order chi connectivity index (χ0) is 25.1. The summed E-state index contributed by atoms with van der Waals surface area (Å²) in [6.07, 6.45) is 0. The Morgan fingerprint density at radius 3 is 2.36 bits per heavy atom. The molecule has 1 aliphatic rings. The molecule has 1 heterocycles. The summed E-state index contributed by atoms with van der Waals surface area (Å²) in [5.74, 6) is -0.938. The molecule has 0 radical (unpaired) electrons. The fraction of sp³-hybridized carbons (Fsp3) is 0.0714. The van der Waals surface area contributed by atoms with E-state index in [4.69, 9.17) is 0 Å². The van der Waals surface area contributed by atoms with E-state index in [1.165, 1.54) is 11.8 Å². The number of thioether (sulfide) groups is 1. The van der Waals surface area contributed by atoms with Crippen LogP contribution in [0.25, 0.3) is 10.8 Å². The van der Waals surface area contributed by atoms with Crippen LogP contribution in [0.5, 0.6) is 0 Å². The van der Waals surface area contributed by atoms with Gasteiger partial charge in [0, 0.05) is 10.9 Å². The largest absolute Gasteiger partial charge is 0.321 e. The van der Waals surface area contributed by atoms with Gasteiger partial charge in [-0.15, -0.1) is 5.10 Å². The second-order valence-corrected chi connectivity index (χ2v) is 9.44. The number of amides is 3. The molecule has 5 rings (SSSR count). The first kappa shape index (κ1) is 23.3.